The van der Waals surface area contributed by atoms with Crippen LogP contribution in [-0.4, -0.2) is 20.8 Å². The van der Waals surface area contributed by atoms with E-state index in [1.807, 2.05) is 13.8 Å². The largest absolute Gasteiger partial charge is 0.297 e. The summed E-state index contributed by atoms with van der Waals surface area (Å²) in [5.74, 6) is -0.729. The van der Waals surface area contributed by atoms with Crippen molar-refractivity contribution in [2.24, 2.45) is 0 Å². The molecule has 0 aliphatic rings. The average molecular weight is 552 g/mol. The van der Waals surface area contributed by atoms with Crippen LogP contribution in [0.4, 0.5) is 4.39 Å². The molecule has 0 saturated heterocycles. The molecule has 0 aliphatic carbocycles. The summed E-state index contributed by atoms with van der Waals surface area (Å²) in [6.07, 6.45) is 0.901. The van der Waals surface area contributed by atoms with Crippen LogP contribution in [0.15, 0.2) is 81.1 Å². The SMILES string of the molecule is Cc1ccc(S(=O)(=O)OCc2cc(Br)c3c(F)cn(S(=O)(=O)c4ccc(C)cc4)c3c2)cc1. The molecule has 4 aromatic rings. The van der Waals surface area contributed by atoms with Gasteiger partial charge in [0.2, 0.25) is 0 Å². The van der Waals surface area contributed by atoms with E-state index in [9.17, 15) is 21.2 Å². The normalized spacial score (nSPS) is 12.4. The van der Waals surface area contributed by atoms with Gasteiger partial charge in [0.15, 0.2) is 5.82 Å². The number of fused-ring (bicyclic) bond motifs is 1. The molecular weight excluding hydrogens is 533 g/mol. The highest BCUT2D eigenvalue weighted by Crippen LogP contribution is 2.33. The first-order valence-electron chi connectivity index (χ1n) is 9.76. The van der Waals surface area contributed by atoms with E-state index in [2.05, 4.69) is 15.9 Å². The Hall–Kier alpha value is -2.53. The quantitative estimate of drug-likeness (QED) is 0.303. The van der Waals surface area contributed by atoms with Gasteiger partial charge >= 0.3 is 0 Å². The molecule has 0 saturated carbocycles. The lowest BCUT2D eigenvalue weighted by Gasteiger charge is -2.10. The molecule has 10 heteroatoms. The van der Waals surface area contributed by atoms with E-state index in [0.717, 1.165) is 21.3 Å². The summed E-state index contributed by atoms with van der Waals surface area (Å²) in [6.45, 7) is 3.31. The van der Waals surface area contributed by atoms with Crippen molar-refractivity contribution in [3.63, 3.8) is 0 Å². The maximum atomic E-state index is 14.7. The smallest absolute Gasteiger partial charge is 0.262 e. The Morgan fingerprint density at radius 3 is 2.00 bits per heavy atom. The van der Waals surface area contributed by atoms with Crippen LogP contribution in [0.1, 0.15) is 16.7 Å². The number of rotatable bonds is 6. The Bertz CT molecular complexity index is 1560. The van der Waals surface area contributed by atoms with Gasteiger partial charge in [-0.15, -0.1) is 0 Å². The maximum absolute atomic E-state index is 14.7. The number of aryl methyl sites for hydroxylation is 2. The summed E-state index contributed by atoms with van der Waals surface area (Å²) >= 11 is 3.26. The van der Waals surface area contributed by atoms with Gasteiger partial charge in [-0.2, -0.15) is 8.42 Å². The highest BCUT2D eigenvalue weighted by Gasteiger charge is 2.24. The van der Waals surface area contributed by atoms with E-state index in [-0.39, 0.29) is 31.8 Å². The molecule has 1 heterocycles. The Kier molecular flexibility index (Phi) is 6.21. The van der Waals surface area contributed by atoms with E-state index in [1.54, 1.807) is 24.3 Å². The van der Waals surface area contributed by atoms with Crippen molar-refractivity contribution >= 4 is 47.0 Å². The molecule has 0 radical (unpaired) electrons. The molecule has 0 bridgehead atoms. The van der Waals surface area contributed by atoms with Gasteiger partial charge in [-0.1, -0.05) is 35.4 Å². The number of hydrogen-bond donors (Lipinski definition) is 0. The van der Waals surface area contributed by atoms with E-state index in [4.69, 9.17) is 4.18 Å². The average Bonchev–Trinajstić information content (AvgIpc) is 3.11. The molecule has 0 atom stereocenters. The third kappa shape index (κ3) is 4.61. The van der Waals surface area contributed by atoms with Crippen molar-refractivity contribution in [2.45, 2.75) is 30.2 Å². The minimum Gasteiger partial charge on any atom is -0.262 e. The topological polar surface area (TPSA) is 82.4 Å². The molecular formula is C23H19BrFNO5S2. The summed E-state index contributed by atoms with van der Waals surface area (Å²) in [4.78, 5) is 0.00864. The molecule has 0 fully saturated rings. The van der Waals surface area contributed by atoms with E-state index in [1.165, 1.54) is 36.4 Å². The number of nitrogens with zero attached hydrogens (tertiary/aromatic N) is 1. The van der Waals surface area contributed by atoms with Crippen LogP contribution in [0, 0.1) is 19.7 Å². The Balaban J connectivity index is 1.73. The van der Waals surface area contributed by atoms with Gasteiger partial charge in [0.25, 0.3) is 20.1 Å². The van der Waals surface area contributed by atoms with Gasteiger partial charge in [0.05, 0.1) is 33.5 Å². The second-order valence-electron chi connectivity index (χ2n) is 7.59. The third-order valence-corrected chi connectivity index (χ3v) is 8.70. The minimum atomic E-state index is -4.09. The van der Waals surface area contributed by atoms with Crippen molar-refractivity contribution in [3.8, 4) is 0 Å². The fourth-order valence-corrected chi connectivity index (χ4v) is 6.24. The van der Waals surface area contributed by atoms with Crippen LogP contribution >= 0.6 is 15.9 Å². The monoisotopic (exact) mass is 551 g/mol. The molecule has 0 aliphatic heterocycles. The summed E-state index contributed by atoms with van der Waals surface area (Å²) in [5, 5.41) is 0.0656. The van der Waals surface area contributed by atoms with Gasteiger partial charge in [-0.3, -0.25) is 4.18 Å². The molecule has 0 unspecified atom stereocenters. The molecule has 0 amide bonds. The zero-order valence-corrected chi connectivity index (χ0v) is 20.8. The van der Waals surface area contributed by atoms with Crippen LogP contribution in [0.3, 0.4) is 0 Å². The molecule has 3 aromatic carbocycles. The van der Waals surface area contributed by atoms with Crippen LogP contribution in [0.2, 0.25) is 0 Å². The molecule has 172 valence electrons. The first kappa shape index (κ1) is 23.6. The lowest BCUT2D eigenvalue weighted by atomic mass is 10.2. The molecule has 0 spiro atoms. The summed E-state index contributed by atoms with van der Waals surface area (Å²) in [6, 6.07) is 15.3. The van der Waals surface area contributed by atoms with Crippen molar-refractivity contribution in [3.05, 3.63) is 93.8 Å². The number of halogens is 2. The standard InChI is InChI=1S/C23H19BrFNO5S2/c1-15-3-7-18(8-4-15)32(27,28)26-13-21(25)23-20(24)11-17(12-22(23)26)14-31-33(29,30)19-9-5-16(2)6-10-19/h3-13H,14H2,1-2H3. The van der Waals surface area contributed by atoms with E-state index in [0.29, 0.717) is 5.56 Å². The van der Waals surface area contributed by atoms with E-state index >= 15 is 0 Å². The van der Waals surface area contributed by atoms with Crippen LogP contribution in [0.25, 0.3) is 10.9 Å². The van der Waals surface area contributed by atoms with Gasteiger partial charge in [0, 0.05) is 4.47 Å². The fraction of sp³-hybridized carbons (Fsp3) is 0.130. The van der Waals surface area contributed by atoms with Crippen molar-refractivity contribution in [1.29, 1.82) is 0 Å². The number of aromatic nitrogens is 1. The van der Waals surface area contributed by atoms with Crippen LogP contribution < -0.4 is 0 Å². The van der Waals surface area contributed by atoms with Gasteiger partial charge in [0.1, 0.15) is 0 Å². The Morgan fingerprint density at radius 1 is 0.879 bits per heavy atom. The van der Waals surface area contributed by atoms with E-state index < -0.39 is 26.0 Å². The third-order valence-electron chi connectivity index (χ3n) is 5.10. The highest BCUT2D eigenvalue weighted by molar-refractivity contribution is 9.10. The lowest BCUT2D eigenvalue weighted by molar-refractivity contribution is 0.308. The van der Waals surface area contributed by atoms with Crippen molar-refractivity contribution < 1.29 is 25.4 Å². The summed E-state index contributed by atoms with van der Waals surface area (Å²) in [7, 11) is -8.12. The second kappa shape index (κ2) is 8.68. The summed E-state index contributed by atoms with van der Waals surface area (Å²) < 4.78 is 72.4. The Labute approximate surface area is 199 Å². The van der Waals surface area contributed by atoms with Gasteiger partial charge in [-0.05, 0) is 71.7 Å². The maximum Gasteiger partial charge on any atom is 0.297 e. The molecule has 0 N–H and O–H groups in total. The van der Waals surface area contributed by atoms with Crippen molar-refractivity contribution in [2.75, 3.05) is 0 Å². The predicted molar refractivity (Wildman–Crippen MR) is 127 cm³/mol. The minimum absolute atomic E-state index is 0.00427. The number of hydrogen-bond acceptors (Lipinski definition) is 5. The van der Waals surface area contributed by atoms with Crippen molar-refractivity contribution in [1.82, 2.24) is 3.97 Å². The highest BCUT2D eigenvalue weighted by atomic mass is 79.9. The predicted octanol–water partition coefficient (Wildman–Crippen LogP) is 5.30. The van der Waals surface area contributed by atoms with Crippen LogP contribution in [0.5, 0.6) is 0 Å². The zero-order chi connectivity index (χ0) is 24.0. The Morgan fingerprint density at radius 2 is 1.42 bits per heavy atom. The van der Waals surface area contributed by atoms with Gasteiger partial charge < -0.3 is 0 Å². The molecule has 4 rings (SSSR count). The molecule has 1 aromatic heterocycles. The number of benzene rings is 3. The lowest BCUT2D eigenvalue weighted by Crippen LogP contribution is -2.12. The van der Waals surface area contributed by atoms with Crippen LogP contribution in [-0.2, 0) is 30.9 Å². The first-order chi connectivity index (χ1) is 15.5. The summed E-state index contributed by atoms with van der Waals surface area (Å²) in [5.41, 5.74) is 2.20. The van der Waals surface area contributed by atoms with Gasteiger partial charge in [-0.25, -0.2) is 16.8 Å². The second-order valence-corrected chi connectivity index (χ2v) is 11.9. The molecule has 33 heavy (non-hydrogen) atoms. The first-order valence-corrected chi connectivity index (χ1v) is 13.4. The fourth-order valence-electron chi connectivity index (χ4n) is 3.32. The zero-order valence-electron chi connectivity index (χ0n) is 17.6. The molecule has 6 nitrogen and oxygen atoms in total.